The molecule has 1 aromatic heterocycles. The van der Waals surface area contributed by atoms with Crippen LogP contribution in [-0.4, -0.2) is 41.0 Å². The molecule has 122 valence electrons. The van der Waals surface area contributed by atoms with Crippen molar-refractivity contribution >= 4 is 16.8 Å². The predicted octanol–water partition coefficient (Wildman–Crippen LogP) is 3.14. The quantitative estimate of drug-likeness (QED) is 0.895. The highest BCUT2D eigenvalue weighted by molar-refractivity contribution is 5.99. The van der Waals surface area contributed by atoms with Gasteiger partial charge in [0, 0.05) is 29.5 Å². The molecule has 2 fully saturated rings. The molecule has 1 aromatic carbocycles. The fourth-order valence-electron chi connectivity index (χ4n) is 4.24. The van der Waals surface area contributed by atoms with E-state index in [2.05, 4.69) is 41.2 Å². The van der Waals surface area contributed by atoms with Crippen LogP contribution in [0.4, 0.5) is 0 Å². The first-order valence-corrected chi connectivity index (χ1v) is 8.77. The molecule has 4 heteroatoms. The number of amides is 1. The molecule has 2 atom stereocenters. The summed E-state index contributed by atoms with van der Waals surface area (Å²) in [7, 11) is 0. The molecule has 3 heterocycles. The monoisotopic (exact) mass is 311 g/mol. The van der Waals surface area contributed by atoms with E-state index in [0.29, 0.717) is 17.8 Å². The highest BCUT2D eigenvalue weighted by Crippen LogP contribution is 2.28. The summed E-state index contributed by atoms with van der Waals surface area (Å²) in [6.07, 6.45) is 4.89. The third kappa shape index (κ3) is 2.55. The molecule has 1 amide bonds. The summed E-state index contributed by atoms with van der Waals surface area (Å²) in [6.45, 7) is 6.55. The second-order valence-electron chi connectivity index (χ2n) is 7.12. The number of benzene rings is 1. The third-order valence-corrected chi connectivity index (χ3v) is 5.76. The minimum atomic E-state index is 0.0377. The van der Waals surface area contributed by atoms with Gasteiger partial charge >= 0.3 is 0 Å². The van der Waals surface area contributed by atoms with Gasteiger partial charge < -0.3 is 10.3 Å². The van der Waals surface area contributed by atoms with E-state index in [1.54, 1.807) is 0 Å². The maximum absolute atomic E-state index is 12.7. The second kappa shape index (κ2) is 5.68. The van der Waals surface area contributed by atoms with Crippen molar-refractivity contribution in [3.63, 3.8) is 0 Å². The van der Waals surface area contributed by atoms with Crippen molar-refractivity contribution in [1.82, 2.24) is 15.2 Å². The Labute approximate surface area is 137 Å². The summed E-state index contributed by atoms with van der Waals surface area (Å²) in [5.41, 5.74) is 4.24. The van der Waals surface area contributed by atoms with Crippen LogP contribution in [0.5, 0.6) is 0 Å². The van der Waals surface area contributed by atoms with Gasteiger partial charge in [-0.2, -0.15) is 0 Å². The molecule has 2 aromatic rings. The standard InChI is InChI=1S/C19H25N3O/c1-12-6-7-15-14(13(12)2)11-17(20-15)19(23)21-16-8-10-22-9-4-3-5-18(16)22/h6-7,11,16,18,20H,3-5,8-10H2,1-2H3,(H,21,23). The van der Waals surface area contributed by atoms with Crippen LogP contribution >= 0.6 is 0 Å². The van der Waals surface area contributed by atoms with Gasteiger partial charge in [0.1, 0.15) is 5.69 Å². The number of H-pyrrole nitrogens is 1. The van der Waals surface area contributed by atoms with Crippen molar-refractivity contribution in [1.29, 1.82) is 0 Å². The molecule has 23 heavy (non-hydrogen) atoms. The van der Waals surface area contributed by atoms with Gasteiger partial charge in [-0.25, -0.2) is 0 Å². The minimum absolute atomic E-state index is 0.0377. The van der Waals surface area contributed by atoms with Gasteiger partial charge in [-0.05, 0) is 62.9 Å². The first-order valence-electron chi connectivity index (χ1n) is 8.77. The zero-order valence-corrected chi connectivity index (χ0v) is 14.0. The number of fused-ring (bicyclic) bond motifs is 2. The van der Waals surface area contributed by atoms with Crippen molar-refractivity contribution in [3.8, 4) is 0 Å². The topological polar surface area (TPSA) is 48.1 Å². The summed E-state index contributed by atoms with van der Waals surface area (Å²) in [5.74, 6) is 0.0377. The summed E-state index contributed by atoms with van der Waals surface area (Å²) >= 11 is 0. The first-order chi connectivity index (χ1) is 11.1. The van der Waals surface area contributed by atoms with E-state index < -0.39 is 0 Å². The summed E-state index contributed by atoms with van der Waals surface area (Å²) in [5, 5.41) is 4.43. The Morgan fingerprint density at radius 2 is 2.09 bits per heavy atom. The van der Waals surface area contributed by atoms with Crippen molar-refractivity contribution in [2.75, 3.05) is 13.1 Å². The predicted molar refractivity (Wildman–Crippen MR) is 92.9 cm³/mol. The lowest BCUT2D eigenvalue weighted by molar-refractivity contribution is 0.0911. The molecule has 2 aliphatic rings. The van der Waals surface area contributed by atoms with Crippen LogP contribution in [0.25, 0.3) is 10.9 Å². The molecular formula is C19H25N3O. The Morgan fingerprint density at radius 1 is 1.22 bits per heavy atom. The number of carbonyl (C=O) groups excluding carboxylic acids is 1. The zero-order chi connectivity index (χ0) is 16.0. The number of aryl methyl sites for hydroxylation is 2. The summed E-state index contributed by atoms with van der Waals surface area (Å²) < 4.78 is 0. The largest absolute Gasteiger partial charge is 0.351 e. The smallest absolute Gasteiger partial charge is 0.268 e. The number of hydrogen-bond acceptors (Lipinski definition) is 2. The van der Waals surface area contributed by atoms with Crippen LogP contribution in [0.3, 0.4) is 0 Å². The van der Waals surface area contributed by atoms with Crippen LogP contribution in [-0.2, 0) is 0 Å². The molecule has 2 N–H and O–H groups in total. The Kier molecular flexibility index (Phi) is 3.64. The molecule has 2 aliphatic heterocycles. The second-order valence-corrected chi connectivity index (χ2v) is 7.12. The van der Waals surface area contributed by atoms with E-state index in [0.717, 1.165) is 23.9 Å². The number of nitrogens with zero attached hydrogens (tertiary/aromatic N) is 1. The minimum Gasteiger partial charge on any atom is -0.351 e. The normalized spacial score (nSPS) is 24.8. The SMILES string of the molecule is Cc1ccc2[nH]c(C(=O)NC3CCN4CCCCC34)cc2c1C. The number of carbonyl (C=O) groups is 1. The third-order valence-electron chi connectivity index (χ3n) is 5.76. The van der Waals surface area contributed by atoms with Gasteiger partial charge in [0.2, 0.25) is 0 Å². The lowest BCUT2D eigenvalue weighted by Crippen LogP contribution is -2.46. The maximum Gasteiger partial charge on any atom is 0.268 e. The van der Waals surface area contributed by atoms with Gasteiger partial charge in [-0.1, -0.05) is 12.5 Å². The number of aromatic nitrogens is 1. The Morgan fingerprint density at radius 3 is 2.96 bits per heavy atom. The average Bonchev–Trinajstić information content (AvgIpc) is 3.16. The van der Waals surface area contributed by atoms with Crippen LogP contribution in [0.2, 0.25) is 0 Å². The van der Waals surface area contributed by atoms with Crippen molar-refractivity contribution in [2.24, 2.45) is 0 Å². The first kappa shape index (κ1) is 14.8. The molecule has 0 saturated carbocycles. The fourth-order valence-corrected chi connectivity index (χ4v) is 4.24. The number of rotatable bonds is 2. The van der Waals surface area contributed by atoms with Gasteiger partial charge in [-0.3, -0.25) is 9.69 Å². The molecule has 0 spiro atoms. The Balaban J connectivity index is 1.54. The van der Waals surface area contributed by atoms with Crippen LogP contribution in [0, 0.1) is 13.8 Å². The lowest BCUT2D eigenvalue weighted by atomic mass is 9.99. The van der Waals surface area contributed by atoms with Crippen LogP contribution < -0.4 is 5.32 Å². The van der Waals surface area contributed by atoms with Gasteiger partial charge in [0.25, 0.3) is 5.91 Å². The summed E-state index contributed by atoms with van der Waals surface area (Å²) in [6, 6.07) is 7.01. The molecule has 0 bridgehead atoms. The Hall–Kier alpha value is -1.81. The van der Waals surface area contributed by atoms with E-state index in [4.69, 9.17) is 0 Å². The highest BCUT2D eigenvalue weighted by Gasteiger charge is 2.36. The Bertz CT molecular complexity index is 748. The van der Waals surface area contributed by atoms with Gasteiger partial charge in [0.15, 0.2) is 0 Å². The van der Waals surface area contributed by atoms with Crippen molar-refractivity contribution in [3.05, 3.63) is 35.0 Å². The number of aromatic amines is 1. The molecule has 4 rings (SSSR count). The van der Waals surface area contributed by atoms with Gasteiger partial charge in [-0.15, -0.1) is 0 Å². The number of nitrogens with one attached hydrogen (secondary N) is 2. The fraction of sp³-hybridized carbons (Fsp3) is 0.526. The van der Waals surface area contributed by atoms with Crippen LogP contribution in [0.1, 0.15) is 47.3 Å². The molecule has 0 radical (unpaired) electrons. The van der Waals surface area contributed by atoms with Crippen molar-refractivity contribution < 1.29 is 4.79 Å². The molecular weight excluding hydrogens is 286 g/mol. The maximum atomic E-state index is 12.7. The molecule has 4 nitrogen and oxygen atoms in total. The molecule has 2 unspecified atom stereocenters. The van der Waals surface area contributed by atoms with E-state index in [1.165, 1.54) is 36.9 Å². The number of hydrogen-bond donors (Lipinski definition) is 2. The zero-order valence-electron chi connectivity index (χ0n) is 14.0. The van der Waals surface area contributed by atoms with Crippen molar-refractivity contribution in [2.45, 2.75) is 51.6 Å². The van der Waals surface area contributed by atoms with Gasteiger partial charge in [0.05, 0.1) is 0 Å². The van der Waals surface area contributed by atoms with E-state index in [9.17, 15) is 4.79 Å². The number of piperidine rings is 1. The lowest BCUT2D eigenvalue weighted by Gasteiger charge is -2.32. The van der Waals surface area contributed by atoms with Crippen LogP contribution in [0.15, 0.2) is 18.2 Å². The van der Waals surface area contributed by atoms with E-state index in [1.807, 2.05) is 6.07 Å². The van der Waals surface area contributed by atoms with E-state index >= 15 is 0 Å². The highest BCUT2D eigenvalue weighted by atomic mass is 16.2. The summed E-state index contributed by atoms with van der Waals surface area (Å²) in [4.78, 5) is 18.5. The molecule has 0 aliphatic carbocycles. The molecule has 2 saturated heterocycles. The average molecular weight is 311 g/mol. The van der Waals surface area contributed by atoms with E-state index in [-0.39, 0.29) is 5.91 Å².